The number of aliphatic hydroxyl groups excluding tert-OH is 1. The van der Waals surface area contributed by atoms with Crippen LogP contribution < -0.4 is 19.5 Å². The highest BCUT2D eigenvalue weighted by atomic mass is 16.6. The molecule has 194 valence electrons. The van der Waals surface area contributed by atoms with E-state index in [-0.39, 0.29) is 18.0 Å². The van der Waals surface area contributed by atoms with E-state index in [4.69, 9.17) is 14.2 Å². The van der Waals surface area contributed by atoms with E-state index in [9.17, 15) is 14.7 Å². The Balaban J connectivity index is 1.31. The van der Waals surface area contributed by atoms with E-state index < -0.39 is 12.3 Å². The number of hydrogen-bond acceptors (Lipinski definition) is 6. The van der Waals surface area contributed by atoms with Crippen LogP contribution in [-0.4, -0.2) is 72.5 Å². The number of hydrogen-bond donors (Lipinski definition) is 2. The standard InChI is InChI=1S/C27H35N3O6/c1-34-21-9-7-19(8-10-21)18-28-27(33)30-16-4-6-24(30)26(32)29-15-3-5-20(29)17-25(31)36-23-13-11-22(35-2)12-14-23/h7-14,20,24-25,31H,3-6,15-18H2,1-2H3,(H,28,33)/t20-,24+,25?/m0/s1. The highest BCUT2D eigenvalue weighted by Crippen LogP contribution is 2.28. The van der Waals surface area contributed by atoms with Gasteiger partial charge in [0.15, 0.2) is 6.29 Å². The number of urea groups is 1. The lowest BCUT2D eigenvalue weighted by Crippen LogP contribution is -2.52. The molecule has 0 radical (unpaired) electrons. The summed E-state index contributed by atoms with van der Waals surface area (Å²) in [5, 5.41) is 13.5. The largest absolute Gasteiger partial charge is 0.497 e. The van der Waals surface area contributed by atoms with Crippen LogP contribution >= 0.6 is 0 Å². The Labute approximate surface area is 211 Å². The van der Waals surface area contributed by atoms with Crippen LogP contribution in [0.4, 0.5) is 4.79 Å². The Kier molecular flexibility index (Phi) is 8.53. The van der Waals surface area contributed by atoms with Gasteiger partial charge in [-0.3, -0.25) is 4.79 Å². The fourth-order valence-corrected chi connectivity index (χ4v) is 4.94. The van der Waals surface area contributed by atoms with E-state index in [2.05, 4.69) is 5.32 Å². The van der Waals surface area contributed by atoms with Gasteiger partial charge in [-0.15, -0.1) is 0 Å². The maximum absolute atomic E-state index is 13.5. The second-order valence-electron chi connectivity index (χ2n) is 9.17. The molecule has 2 aromatic rings. The number of carbonyl (C=O) groups is 2. The number of methoxy groups -OCH3 is 2. The summed E-state index contributed by atoms with van der Waals surface area (Å²) >= 11 is 0. The third-order valence-corrected chi connectivity index (χ3v) is 6.87. The van der Waals surface area contributed by atoms with Gasteiger partial charge in [0, 0.05) is 32.1 Å². The summed E-state index contributed by atoms with van der Waals surface area (Å²) in [5.74, 6) is 1.95. The van der Waals surface area contributed by atoms with Crippen molar-refractivity contribution in [1.29, 1.82) is 0 Å². The van der Waals surface area contributed by atoms with Crippen molar-refractivity contribution >= 4 is 11.9 Å². The van der Waals surface area contributed by atoms with Gasteiger partial charge in [0.05, 0.1) is 14.2 Å². The van der Waals surface area contributed by atoms with Gasteiger partial charge in [0.25, 0.3) is 0 Å². The van der Waals surface area contributed by atoms with Crippen LogP contribution in [0.2, 0.25) is 0 Å². The number of nitrogens with one attached hydrogen (secondary N) is 1. The Morgan fingerprint density at radius 1 is 0.917 bits per heavy atom. The van der Waals surface area contributed by atoms with Crippen LogP contribution in [0.5, 0.6) is 17.2 Å². The molecule has 0 spiro atoms. The van der Waals surface area contributed by atoms with Crippen LogP contribution in [0.15, 0.2) is 48.5 Å². The first-order valence-electron chi connectivity index (χ1n) is 12.4. The van der Waals surface area contributed by atoms with Gasteiger partial charge in [-0.05, 0) is 67.6 Å². The lowest BCUT2D eigenvalue weighted by Gasteiger charge is -2.32. The van der Waals surface area contributed by atoms with Crippen molar-refractivity contribution in [3.63, 3.8) is 0 Å². The van der Waals surface area contributed by atoms with Gasteiger partial charge in [-0.2, -0.15) is 0 Å². The van der Waals surface area contributed by atoms with Crippen molar-refractivity contribution in [3.05, 3.63) is 54.1 Å². The topological polar surface area (TPSA) is 101 Å². The molecule has 3 atom stereocenters. The zero-order valence-electron chi connectivity index (χ0n) is 20.9. The van der Waals surface area contributed by atoms with E-state index in [1.807, 2.05) is 29.2 Å². The molecule has 2 aromatic carbocycles. The summed E-state index contributed by atoms with van der Waals surface area (Å²) in [6, 6.07) is 13.7. The molecule has 2 saturated heterocycles. The Morgan fingerprint density at radius 3 is 2.17 bits per heavy atom. The molecule has 2 aliphatic rings. The SMILES string of the molecule is COc1ccc(CNC(=O)N2CCC[C@@H]2C(=O)N2CCC[C@H]2CC(O)Oc2ccc(OC)cc2)cc1. The number of nitrogens with zero attached hydrogens (tertiary/aromatic N) is 2. The molecule has 2 N–H and O–H groups in total. The number of benzene rings is 2. The summed E-state index contributed by atoms with van der Waals surface area (Å²) in [6.45, 7) is 1.55. The fraction of sp³-hybridized carbons (Fsp3) is 0.481. The predicted octanol–water partition coefficient (Wildman–Crippen LogP) is 3.16. The Morgan fingerprint density at radius 2 is 1.50 bits per heavy atom. The molecular formula is C27H35N3O6. The summed E-state index contributed by atoms with van der Waals surface area (Å²) in [6.07, 6.45) is 2.36. The molecule has 1 unspecified atom stereocenters. The summed E-state index contributed by atoms with van der Waals surface area (Å²) in [7, 11) is 3.20. The van der Waals surface area contributed by atoms with Crippen LogP contribution in [0.3, 0.4) is 0 Å². The third kappa shape index (κ3) is 6.20. The first kappa shape index (κ1) is 25.6. The van der Waals surface area contributed by atoms with Gasteiger partial charge >= 0.3 is 6.03 Å². The maximum atomic E-state index is 13.5. The zero-order chi connectivity index (χ0) is 25.5. The van der Waals surface area contributed by atoms with Gasteiger partial charge in [-0.1, -0.05) is 12.1 Å². The Bertz CT molecular complexity index is 1010. The predicted molar refractivity (Wildman–Crippen MR) is 134 cm³/mol. The molecular weight excluding hydrogens is 462 g/mol. The second kappa shape index (κ2) is 12.0. The zero-order valence-corrected chi connectivity index (χ0v) is 20.9. The number of aliphatic hydroxyl groups is 1. The van der Waals surface area contributed by atoms with E-state index >= 15 is 0 Å². The van der Waals surface area contributed by atoms with Crippen LogP contribution in [0, 0.1) is 0 Å². The van der Waals surface area contributed by atoms with Crippen molar-refractivity contribution in [2.24, 2.45) is 0 Å². The normalized spacial score (nSPS) is 20.2. The van der Waals surface area contributed by atoms with Crippen molar-refractivity contribution in [1.82, 2.24) is 15.1 Å². The van der Waals surface area contributed by atoms with Gasteiger partial charge in [0.2, 0.25) is 5.91 Å². The molecule has 36 heavy (non-hydrogen) atoms. The molecule has 2 fully saturated rings. The fourth-order valence-electron chi connectivity index (χ4n) is 4.94. The van der Waals surface area contributed by atoms with Crippen molar-refractivity contribution < 1.29 is 28.9 Å². The molecule has 0 aliphatic carbocycles. The monoisotopic (exact) mass is 497 g/mol. The summed E-state index contributed by atoms with van der Waals surface area (Å²) in [4.78, 5) is 29.9. The molecule has 0 aromatic heterocycles. The first-order valence-corrected chi connectivity index (χ1v) is 12.4. The molecule has 2 aliphatic heterocycles. The van der Waals surface area contributed by atoms with Gasteiger partial charge in [-0.25, -0.2) is 4.79 Å². The quantitative estimate of drug-likeness (QED) is 0.517. The van der Waals surface area contributed by atoms with E-state index in [0.29, 0.717) is 44.0 Å². The Hall–Kier alpha value is -3.46. The van der Waals surface area contributed by atoms with Crippen LogP contribution in [0.1, 0.15) is 37.7 Å². The molecule has 4 rings (SSSR count). The highest BCUT2D eigenvalue weighted by Gasteiger charge is 2.40. The number of amides is 3. The molecule has 0 bridgehead atoms. The average molecular weight is 498 g/mol. The molecule has 9 heteroatoms. The molecule has 9 nitrogen and oxygen atoms in total. The number of likely N-dealkylation sites (tertiary alicyclic amines) is 2. The number of carbonyl (C=O) groups excluding carboxylic acids is 2. The summed E-state index contributed by atoms with van der Waals surface area (Å²) < 4.78 is 16.0. The van der Waals surface area contributed by atoms with Crippen molar-refractivity contribution in [2.45, 2.75) is 57.0 Å². The van der Waals surface area contributed by atoms with Crippen molar-refractivity contribution in [3.8, 4) is 17.2 Å². The first-order chi connectivity index (χ1) is 17.5. The molecule has 3 amide bonds. The maximum Gasteiger partial charge on any atom is 0.318 e. The molecule has 2 heterocycles. The number of rotatable bonds is 9. The molecule has 0 saturated carbocycles. The van der Waals surface area contributed by atoms with Crippen LogP contribution in [0.25, 0.3) is 0 Å². The third-order valence-electron chi connectivity index (χ3n) is 6.87. The average Bonchev–Trinajstić information content (AvgIpc) is 3.58. The highest BCUT2D eigenvalue weighted by molar-refractivity contribution is 5.88. The van der Waals surface area contributed by atoms with E-state index in [1.54, 1.807) is 43.4 Å². The minimum Gasteiger partial charge on any atom is -0.497 e. The van der Waals surface area contributed by atoms with Crippen molar-refractivity contribution in [2.75, 3.05) is 27.3 Å². The number of ether oxygens (including phenoxy) is 3. The lowest BCUT2D eigenvalue weighted by atomic mass is 10.1. The van der Waals surface area contributed by atoms with E-state index in [0.717, 1.165) is 30.6 Å². The minimum absolute atomic E-state index is 0.0498. The lowest BCUT2D eigenvalue weighted by molar-refractivity contribution is -0.137. The van der Waals surface area contributed by atoms with Crippen LogP contribution in [-0.2, 0) is 11.3 Å². The van der Waals surface area contributed by atoms with E-state index in [1.165, 1.54) is 0 Å². The minimum atomic E-state index is -1.04. The van der Waals surface area contributed by atoms with Gasteiger partial charge in [0.1, 0.15) is 23.3 Å². The second-order valence-corrected chi connectivity index (χ2v) is 9.17. The summed E-state index contributed by atoms with van der Waals surface area (Å²) in [5.41, 5.74) is 0.955. The van der Waals surface area contributed by atoms with Gasteiger partial charge < -0.3 is 34.4 Å². The smallest absolute Gasteiger partial charge is 0.318 e.